The van der Waals surface area contributed by atoms with Gasteiger partial charge in [-0.2, -0.15) is 0 Å². The second kappa shape index (κ2) is 7.25. The molecule has 1 aliphatic carbocycles. The molecule has 1 aliphatic heterocycles. The van der Waals surface area contributed by atoms with Crippen LogP contribution in [0.25, 0.3) is 0 Å². The summed E-state index contributed by atoms with van der Waals surface area (Å²) in [5.74, 6) is -0.601. The zero-order valence-corrected chi connectivity index (χ0v) is 14.3. The Morgan fingerprint density at radius 3 is 2.72 bits per heavy atom. The maximum absolute atomic E-state index is 12.7. The van der Waals surface area contributed by atoms with Crippen LogP contribution >= 0.6 is 0 Å². The predicted octanol–water partition coefficient (Wildman–Crippen LogP) is 2.51. The summed E-state index contributed by atoms with van der Waals surface area (Å²) < 4.78 is 5.54. The second-order valence-corrected chi connectivity index (χ2v) is 6.88. The lowest BCUT2D eigenvalue weighted by atomic mass is 9.85. The summed E-state index contributed by atoms with van der Waals surface area (Å²) in [6.07, 6.45) is 4.51. The highest BCUT2D eigenvalue weighted by Gasteiger charge is 2.47. The zero-order valence-electron chi connectivity index (χ0n) is 14.3. The molecule has 25 heavy (non-hydrogen) atoms. The van der Waals surface area contributed by atoms with Gasteiger partial charge in [0.05, 0.1) is 0 Å². The third-order valence-electron chi connectivity index (χ3n) is 5.26. The Kier molecular flexibility index (Phi) is 5.06. The Hall–Kier alpha value is -2.37. The molecule has 134 valence electrons. The fraction of sp³-hybridized carbons (Fsp3) is 0.526. The molecule has 3 atom stereocenters. The van der Waals surface area contributed by atoms with Crippen molar-refractivity contribution in [3.05, 3.63) is 29.8 Å². The Morgan fingerprint density at radius 2 is 2.00 bits per heavy atom. The first-order chi connectivity index (χ1) is 12.0. The van der Waals surface area contributed by atoms with E-state index in [-0.39, 0.29) is 30.3 Å². The van der Waals surface area contributed by atoms with Gasteiger partial charge in [0.25, 0.3) is 5.91 Å². The van der Waals surface area contributed by atoms with Gasteiger partial charge in [0.1, 0.15) is 11.8 Å². The number of hydrogen-bond donors (Lipinski definition) is 1. The lowest BCUT2D eigenvalue weighted by Gasteiger charge is -2.32. The van der Waals surface area contributed by atoms with Gasteiger partial charge in [-0.1, -0.05) is 25.0 Å². The van der Waals surface area contributed by atoms with Crippen LogP contribution in [0, 0.1) is 5.92 Å². The van der Waals surface area contributed by atoms with Crippen molar-refractivity contribution in [2.24, 2.45) is 5.92 Å². The fourth-order valence-corrected chi connectivity index (χ4v) is 4.06. The highest BCUT2D eigenvalue weighted by atomic mass is 16.5. The van der Waals surface area contributed by atoms with Crippen LogP contribution < -0.4 is 4.74 Å². The van der Waals surface area contributed by atoms with Crippen LogP contribution in [-0.2, 0) is 9.59 Å². The normalized spacial score (nSPS) is 25.3. The Labute approximate surface area is 146 Å². The van der Waals surface area contributed by atoms with Gasteiger partial charge in [-0.15, -0.1) is 0 Å². The van der Waals surface area contributed by atoms with E-state index < -0.39 is 12.0 Å². The van der Waals surface area contributed by atoms with Gasteiger partial charge >= 0.3 is 5.97 Å². The quantitative estimate of drug-likeness (QED) is 0.829. The molecule has 1 N–H and O–H groups in total. The van der Waals surface area contributed by atoms with Crippen molar-refractivity contribution in [2.45, 2.75) is 51.1 Å². The van der Waals surface area contributed by atoms with Crippen molar-refractivity contribution in [2.75, 3.05) is 6.61 Å². The molecule has 0 aromatic heterocycles. The number of likely N-dealkylation sites (tertiary alicyclic amines) is 1. The minimum absolute atomic E-state index is 0.00880. The number of carboxylic acids is 1. The fourth-order valence-electron chi connectivity index (χ4n) is 4.06. The van der Waals surface area contributed by atoms with Gasteiger partial charge in [-0.05, 0) is 44.2 Å². The van der Waals surface area contributed by atoms with Gasteiger partial charge in [0.15, 0.2) is 12.4 Å². The van der Waals surface area contributed by atoms with E-state index in [0.29, 0.717) is 17.7 Å². The number of Topliss-reactive ketones (excluding diaryl/α,β-unsaturated/α-hetero) is 1. The summed E-state index contributed by atoms with van der Waals surface area (Å²) in [6, 6.07) is 5.91. The monoisotopic (exact) mass is 345 g/mol. The van der Waals surface area contributed by atoms with E-state index in [1.54, 1.807) is 24.3 Å². The maximum Gasteiger partial charge on any atom is 0.326 e. The first-order valence-electron chi connectivity index (χ1n) is 8.75. The lowest BCUT2D eigenvalue weighted by Crippen LogP contribution is -2.48. The second-order valence-electron chi connectivity index (χ2n) is 6.88. The first kappa shape index (κ1) is 17.5. The van der Waals surface area contributed by atoms with Gasteiger partial charge in [0, 0.05) is 11.6 Å². The Bertz CT molecular complexity index is 686. The summed E-state index contributed by atoms with van der Waals surface area (Å²) >= 11 is 0. The third kappa shape index (κ3) is 3.67. The highest BCUT2D eigenvalue weighted by Crippen LogP contribution is 2.39. The smallest absolute Gasteiger partial charge is 0.326 e. The van der Waals surface area contributed by atoms with Gasteiger partial charge in [-0.25, -0.2) is 4.79 Å². The summed E-state index contributed by atoms with van der Waals surface area (Å²) in [4.78, 5) is 37.2. The molecule has 1 aromatic rings. The van der Waals surface area contributed by atoms with Crippen molar-refractivity contribution in [1.29, 1.82) is 0 Å². The van der Waals surface area contributed by atoms with Crippen LogP contribution in [0.3, 0.4) is 0 Å². The topological polar surface area (TPSA) is 83.9 Å². The van der Waals surface area contributed by atoms with Crippen molar-refractivity contribution in [3.63, 3.8) is 0 Å². The first-order valence-corrected chi connectivity index (χ1v) is 8.75. The lowest BCUT2D eigenvalue weighted by molar-refractivity contribution is -0.150. The SMILES string of the molecule is CC(=O)c1cccc(OCC(=O)N2[C@H](C(=O)O)C[C@H]3CCCC[C@@H]32)c1. The third-order valence-corrected chi connectivity index (χ3v) is 5.26. The van der Waals surface area contributed by atoms with E-state index in [4.69, 9.17) is 4.74 Å². The molecular formula is C19H23NO5. The molecule has 1 saturated carbocycles. The summed E-state index contributed by atoms with van der Waals surface area (Å²) in [5.41, 5.74) is 0.516. The number of carbonyl (C=O) groups excluding carboxylic acids is 2. The van der Waals surface area contributed by atoms with E-state index in [1.807, 2.05) is 0 Å². The van der Waals surface area contributed by atoms with E-state index >= 15 is 0 Å². The largest absolute Gasteiger partial charge is 0.484 e. The highest BCUT2D eigenvalue weighted by molar-refractivity contribution is 5.94. The van der Waals surface area contributed by atoms with Gasteiger partial charge in [0.2, 0.25) is 0 Å². The number of ether oxygens (including phenoxy) is 1. The van der Waals surface area contributed by atoms with Crippen molar-refractivity contribution in [1.82, 2.24) is 4.90 Å². The number of rotatable bonds is 5. The predicted molar refractivity (Wildman–Crippen MR) is 90.6 cm³/mol. The summed E-state index contributed by atoms with van der Waals surface area (Å²) in [7, 11) is 0. The number of fused-ring (bicyclic) bond motifs is 1. The number of benzene rings is 1. The number of amides is 1. The molecule has 6 heteroatoms. The molecule has 0 spiro atoms. The molecule has 3 rings (SSSR count). The van der Waals surface area contributed by atoms with E-state index in [2.05, 4.69) is 0 Å². The molecule has 2 fully saturated rings. The standard InChI is InChI=1S/C19H23NO5/c1-12(21)13-6-4-7-15(9-13)25-11-18(22)20-16-8-3-2-5-14(16)10-17(20)19(23)24/h4,6-7,9,14,16-17H,2-3,5,8,10-11H2,1H3,(H,23,24)/t14-,16+,17+/m1/s1. The van der Waals surface area contributed by atoms with Gasteiger partial charge in [-0.3, -0.25) is 9.59 Å². The van der Waals surface area contributed by atoms with E-state index in [0.717, 1.165) is 25.7 Å². The van der Waals surface area contributed by atoms with Crippen LogP contribution in [0.4, 0.5) is 0 Å². The average molecular weight is 345 g/mol. The zero-order chi connectivity index (χ0) is 18.0. The van der Waals surface area contributed by atoms with Crippen LogP contribution in [0.15, 0.2) is 24.3 Å². The molecule has 0 radical (unpaired) electrons. The maximum atomic E-state index is 12.7. The van der Waals surface area contributed by atoms with Gasteiger partial charge < -0.3 is 14.7 Å². The average Bonchev–Trinajstić information content (AvgIpc) is 3.00. The van der Waals surface area contributed by atoms with Crippen molar-refractivity contribution < 1.29 is 24.2 Å². The molecule has 6 nitrogen and oxygen atoms in total. The van der Waals surface area contributed by atoms with Crippen LogP contribution in [0.5, 0.6) is 5.75 Å². The van der Waals surface area contributed by atoms with E-state index in [1.165, 1.54) is 11.8 Å². The summed E-state index contributed by atoms with van der Waals surface area (Å²) in [5, 5.41) is 9.49. The van der Waals surface area contributed by atoms with Crippen molar-refractivity contribution >= 4 is 17.7 Å². The molecule has 0 unspecified atom stereocenters. The number of carbonyl (C=O) groups is 3. The number of aliphatic carboxylic acids is 1. The Balaban J connectivity index is 1.69. The number of ketones is 1. The molecule has 1 saturated heterocycles. The summed E-state index contributed by atoms with van der Waals surface area (Å²) in [6.45, 7) is 1.25. The molecule has 1 heterocycles. The number of nitrogens with zero attached hydrogens (tertiary/aromatic N) is 1. The molecule has 2 aliphatic rings. The molecule has 1 amide bonds. The number of hydrogen-bond acceptors (Lipinski definition) is 4. The van der Waals surface area contributed by atoms with Crippen LogP contribution in [0.1, 0.15) is 49.4 Å². The minimum atomic E-state index is -0.943. The Morgan fingerprint density at radius 1 is 1.24 bits per heavy atom. The molecule has 1 aromatic carbocycles. The molecule has 0 bridgehead atoms. The van der Waals surface area contributed by atoms with Crippen LogP contribution in [0.2, 0.25) is 0 Å². The van der Waals surface area contributed by atoms with Crippen LogP contribution in [-0.4, -0.2) is 46.4 Å². The molecular weight excluding hydrogens is 322 g/mol. The van der Waals surface area contributed by atoms with E-state index in [9.17, 15) is 19.5 Å². The minimum Gasteiger partial charge on any atom is -0.484 e. The number of carboxylic acid groups (broad SMARTS) is 1. The van der Waals surface area contributed by atoms with Crippen molar-refractivity contribution in [3.8, 4) is 5.75 Å².